The van der Waals surface area contributed by atoms with Crippen LogP contribution in [0.3, 0.4) is 0 Å². The van der Waals surface area contributed by atoms with Gasteiger partial charge in [0.25, 0.3) is 0 Å². The number of rotatable bonds is 3. The third-order valence-electron chi connectivity index (χ3n) is 3.74. The van der Waals surface area contributed by atoms with Gasteiger partial charge in [-0.3, -0.25) is 4.98 Å². The topological polar surface area (TPSA) is 48.4 Å². The van der Waals surface area contributed by atoms with Gasteiger partial charge < -0.3 is 9.47 Å². The van der Waals surface area contributed by atoms with E-state index in [1.165, 1.54) is 5.56 Å². The molecule has 4 nitrogen and oxygen atoms in total. The van der Waals surface area contributed by atoms with Crippen molar-refractivity contribution in [3.05, 3.63) is 46.6 Å². The van der Waals surface area contributed by atoms with E-state index in [0.29, 0.717) is 17.9 Å². The van der Waals surface area contributed by atoms with Gasteiger partial charge >= 0.3 is 5.97 Å². The molecule has 2 aromatic rings. The van der Waals surface area contributed by atoms with Crippen LogP contribution in [-0.2, 0) is 11.2 Å². The molecule has 0 saturated heterocycles. The average molecular weight is 283 g/mol. The normalized spacial score (nSPS) is 11.8. The molecule has 0 atom stereocenters. The molecule has 0 radical (unpaired) electrons. The lowest BCUT2D eigenvalue weighted by Crippen LogP contribution is -2.09. The van der Waals surface area contributed by atoms with Gasteiger partial charge in [0.15, 0.2) is 0 Å². The van der Waals surface area contributed by atoms with Crippen molar-refractivity contribution in [3.8, 4) is 17.0 Å². The molecule has 1 aromatic carbocycles. The van der Waals surface area contributed by atoms with Crippen molar-refractivity contribution in [2.75, 3.05) is 13.7 Å². The lowest BCUT2D eigenvalue weighted by atomic mass is 10.1. The maximum atomic E-state index is 12.0. The number of aryl methyl sites for hydroxylation is 1. The highest BCUT2D eigenvalue weighted by Crippen LogP contribution is 2.38. The Kier molecular flexibility index (Phi) is 3.37. The van der Waals surface area contributed by atoms with Crippen molar-refractivity contribution in [2.24, 2.45) is 0 Å². The molecule has 0 N–H and O–H groups in total. The molecule has 4 heteroatoms. The van der Waals surface area contributed by atoms with Gasteiger partial charge in [-0.25, -0.2) is 4.79 Å². The Hall–Kier alpha value is -2.36. The summed E-state index contributed by atoms with van der Waals surface area (Å²) in [5, 5.41) is 0. The summed E-state index contributed by atoms with van der Waals surface area (Å²) in [6.45, 7) is 4.01. The van der Waals surface area contributed by atoms with Crippen LogP contribution >= 0.6 is 0 Å². The van der Waals surface area contributed by atoms with Crippen LogP contribution < -0.4 is 4.74 Å². The monoisotopic (exact) mass is 283 g/mol. The first-order valence-corrected chi connectivity index (χ1v) is 6.99. The smallest absolute Gasteiger partial charge is 0.339 e. The number of ether oxygens (including phenoxy) is 2. The first-order chi connectivity index (χ1) is 10.1. The lowest BCUT2D eigenvalue weighted by Gasteiger charge is -2.08. The summed E-state index contributed by atoms with van der Waals surface area (Å²) in [5.41, 5.74) is 5.54. The summed E-state index contributed by atoms with van der Waals surface area (Å²) >= 11 is 0. The molecular weight excluding hydrogens is 266 g/mol. The van der Waals surface area contributed by atoms with E-state index >= 15 is 0 Å². The first-order valence-electron chi connectivity index (χ1n) is 6.99. The number of benzene rings is 1. The molecular formula is C17H17NO3. The number of aromatic nitrogens is 1. The van der Waals surface area contributed by atoms with Crippen LogP contribution in [0.5, 0.6) is 5.75 Å². The van der Waals surface area contributed by atoms with Crippen LogP contribution in [-0.4, -0.2) is 24.7 Å². The number of methoxy groups -OCH3 is 1. The van der Waals surface area contributed by atoms with Gasteiger partial charge in [-0.2, -0.15) is 0 Å². The average Bonchev–Trinajstić information content (AvgIpc) is 2.83. The zero-order valence-electron chi connectivity index (χ0n) is 12.4. The minimum atomic E-state index is -0.307. The zero-order valence-corrected chi connectivity index (χ0v) is 12.4. The number of hydrogen-bond acceptors (Lipinski definition) is 4. The highest BCUT2D eigenvalue weighted by atomic mass is 16.5. The van der Waals surface area contributed by atoms with Crippen molar-refractivity contribution >= 4 is 5.97 Å². The Morgan fingerprint density at radius 2 is 2.10 bits per heavy atom. The summed E-state index contributed by atoms with van der Waals surface area (Å²) in [6.07, 6.45) is 0.786. The van der Waals surface area contributed by atoms with E-state index in [-0.39, 0.29) is 5.97 Å². The van der Waals surface area contributed by atoms with Gasteiger partial charge in [0, 0.05) is 12.0 Å². The van der Waals surface area contributed by atoms with E-state index in [2.05, 4.69) is 11.1 Å². The van der Waals surface area contributed by atoms with Crippen LogP contribution in [0.4, 0.5) is 0 Å². The van der Waals surface area contributed by atoms with Gasteiger partial charge in [-0.15, -0.1) is 0 Å². The number of fused-ring (bicyclic) bond motifs is 3. The fourth-order valence-corrected chi connectivity index (χ4v) is 2.69. The van der Waals surface area contributed by atoms with Crippen molar-refractivity contribution in [1.82, 2.24) is 4.98 Å². The van der Waals surface area contributed by atoms with Crippen LogP contribution in [0.25, 0.3) is 11.3 Å². The fraction of sp³-hybridized carbons (Fsp3) is 0.294. The number of pyridine rings is 1. The molecule has 0 aliphatic heterocycles. The molecule has 108 valence electrons. The Balaban J connectivity index is 2.07. The molecule has 0 spiro atoms. The largest absolute Gasteiger partial charge is 0.497 e. The maximum Gasteiger partial charge on any atom is 0.339 e. The third kappa shape index (κ3) is 2.27. The molecule has 3 rings (SSSR count). The molecule has 0 saturated carbocycles. The minimum absolute atomic E-state index is 0.307. The fourth-order valence-electron chi connectivity index (χ4n) is 2.69. The maximum absolute atomic E-state index is 12.0. The zero-order chi connectivity index (χ0) is 15.0. The molecule has 1 aromatic heterocycles. The Labute approximate surface area is 123 Å². The Bertz CT molecular complexity index is 722. The summed E-state index contributed by atoms with van der Waals surface area (Å²) in [5.74, 6) is 0.509. The molecule has 21 heavy (non-hydrogen) atoms. The van der Waals surface area contributed by atoms with Gasteiger partial charge in [-0.1, -0.05) is 6.07 Å². The molecule has 1 heterocycles. The second-order valence-corrected chi connectivity index (χ2v) is 5.05. The standard InChI is InChI=1S/C17H17NO3/c1-4-21-17(19)14-8-12-7-11-5-6-13(20-3)9-15(11)16(12)18-10(14)2/h5-6,8-9H,4,7H2,1-3H3. The molecule has 1 aliphatic carbocycles. The molecule has 0 amide bonds. The van der Waals surface area contributed by atoms with E-state index in [1.54, 1.807) is 14.0 Å². The van der Waals surface area contributed by atoms with E-state index in [4.69, 9.17) is 9.47 Å². The van der Waals surface area contributed by atoms with Crippen LogP contribution in [0, 0.1) is 6.92 Å². The molecule has 1 aliphatic rings. The van der Waals surface area contributed by atoms with Crippen molar-refractivity contribution < 1.29 is 14.3 Å². The van der Waals surface area contributed by atoms with Crippen LogP contribution in [0.1, 0.15) is 34.1 Å². The Morgan fingerprint density at radius 3 is 2.81 bits per heavy atom. The highest BCUT2D eigenvalue weighted by Gasteiger charge is 2.24. The molecule has 0 bridgehead atoms. The van der Waals surface area contributed by atoms with Crippen LogP contribution in [0.15, 0.2) is 24.3 Å². The van der Waals surface area contributed by atoms with Gasteiger partial charge in [0.1, 0.15) is 5.75 Å². The van der Waals surface area contributed by atoms with Crippen molar-refractivity contribution in [1.29, 1.82) is 0 Å². The van der Waals surface area contributed by atoms with Crippen LogP contribution in [0.2, 0.25) is 0 Å². The SMILES string of the molecule is CCOC(=O)c1cc2c(nc1C)-c1cc(OC)ccc1C2. The predicted octanol–water partition coefficient (Wildman–Crippen LogP) is 3.15. The summed E-state index contributed by atoms with van der Waals surface area (Å²) < 4.78 is 10.4. The second-order valence-electron chi connectivity index (χ2n) is 5.05. The van der Waals surface area contributed by atoms with E-state index in [1.807, 2.05) is 25.1 Å². The molecule has 0 unspecified atom stereocenters. The summed E-state index contributed by atoms with van der Waals surface area (Å²) in [7, 11) is 1.65. The summed E-state index contributed by atoms with van der Waals surface area (Å²) in [6, 6.07) is 7.90. The molecule has 0 fully saturated rings. The van der Waals surface area contributed by atoms with Gasteiger partial charge in [0.05, 0.1) is 30.7 Å². The van der Waals surface area contributed by atoms with E-state index in [9.17, 15) is 4.79 Å². The number of carbonyl (C=O) groups excluding carboxylic acids is 1. The number of esters is 1. The quantitative estimate of drug-likeness (QED) is 0.693. The predicted molar refractivity (Wildman–Crippen MR) is 79.7 cm³/mol. The lowest BCUT2D eigenvalue weighted by molar-refractivity contribution is 0.0525. The highest BCUT2D eigenvalue weighted by molar-refractivity contribution is 5.92. The minimum Gasteiger partial charge on any atom is -0.497 e. The van der Waals surface area contributed by atoms with Gasteiger partial charge in [-0.05, 0) is 43.2 Å². The number of carbonyl (C=O) groups is 1. The van der Waals surface area contributed by atoms with E-state index < -0.39 is 0 Å². The number of hydrogen-bond donors (Lipinski definition) is 0. The third-order valence-corrected chi connectivity index (χ3v) is 3.74. The summed E-state index contributed by atoms with van der Waals surface area (Å²) in [4.78, 5) is 16.6. The number of nitrogens with zero attached hydrogens (tertiary/aromatic N) is 1. The van der Waals surface area contributed by atoms with Crippen molar-refractivity contribution in [3.63, 3.8) is 0 Å². The van der Waals surface area contributed by atoms with Gasteiger partial charge in [0.2, 0.25) is 0 Å². The second kappa shape index (κ2) is 5.20. The Morgan fingerprint density at radius 1 is 1.29 bits per heavy atom. The van der Waals surface area contributed by atoms with E-state index in [0.717, 1.165) is 29.0 Å². The first kappa shape index (κ1) is 13.6. The van der Waals surface area contributed by atoms with Crippen molar-refractivity contribution in [2.45, 2.75) is 20.3 Å².